The van der Waals surface area contributed by atoms with Gasteiger partial charge in [-0.1, -0.05) is 13.8 Å². The van der Waals surface area contributed by atoms with Crippen LogP contribution in [0.25, 0.3) is 0 Å². The molecule has 2 N–H and O–H groups in total. The molecule has 1 aromatic rings. The van der Waals surface area contributed by atoms with Gasteiger partial charge in [0.25, 0.3) is 0 Å². The van der Waals surface area contributed by atoms with Gasteiger partial charge in [0.05, 0.1) is 17.8 Å². The first kappa shape index (κ1) is 17.2. The molecule has 1 aromatic heterocycles. The van der Waals surface area contributed by atoms with Gasteiger partial charge >= 0.3 is 0 Å². The number of thiazole rings is 1. The van der Waals surface area contributed by atoms with Crippen molar-refractivity contribution in [3.05, 3.63) is 15.6 Å². The molecule has 0 aromatic carbocycles. The van der Waals surface area contributed by atoms with E-state index >= 15 is 0 Å². The third-order valence-corrected chi connectivity index (χ3v) is 6.37. The van der Waals surface area contributed by atoms with Gasteiger partial charge in [0.15, 0.2) is 5.96 Å². The molecule has 1 aliphatic carbocycles. The first-order valence-electron chi connectivity index (χ1n) is 7.68. The first-order chi connectivity index (χ1) is 10.2. The third kappa shape index (κ3) is 2.99. The van der Waals surface area contributed by atoms with Gasteiger partial charge in [-0.2, -0.15) is 0 Å². The Hall–Kier alpha value is -1.14. The summed E-state index contributed by atoms with van der Waals surface area (Å²) in [5.41, 5.74) is 1.10. The molecule has 6 heteroatoms. The van der Waals surface area contributed by atoms with Crippen LogP contribution in [0.4, 0.5) is 0 Å². The van der Waals surface area contributed by atoms with Crippen molar-refractivity contribution in [3.63, 3.8) is 0 Å². The van der Waals surface area contributed by atoms with E-state index in [0.717, 1.165) is 23.1 Å². The standard InChI is InChI=1S/C16H28N4OS/c1-10-11(2)22-13(19-10)9-18-14(17-6)20-12-8-16(5,21-7)15(12,3)4/h12H,8-9H2,1-7H3,(H2,17,18,20). The molecule has 0 amide bonds. The molecular formula is C16H28N4OS. The zero-order valence-electron chi connectivity index (χ0n) is 14.7. The lowest BCUT2D eigenvalue weighted by Crippen LogP contribution is -2.69. The van der Waals surface area contributed by atoms with E-state index in [1.807, 2.05) is 6.92 Å². The van der Waals surface area contributed by atoms with Crippen molar-refractivity contribution in [2.75, 3.05) is 14.2 Å². The summed E-state index contributed by atoms with van der Waals surface area (Å²) in [4.78, 5) is 10.1. The van der Waals surface area contributed by atoms with Crippen LogP contribution in [0.2, 0.25) is 0 Å². The molecule has 22 heavy (non-hydrogen) atoms. The second kappa shape index (κ2) is 6.16. The van der Waals surface area contributed by atoms with Crippen molar-refractivity contribution in [1.82, 2.24) is 15.6 Å². The molecule has 0 bridgehead atoms. The van der Waals surface area contributed by atoms with Crippen LogP contribution in [0, 0.1) is 19.3 Å². The Morgan fingerprint density at radius 1 is 1.41 bits per heavy atom. The summed E-state index contributed by atoms with van der Waals surface area (Å²) in [5.74, 6) is 0.821. The molecule has 1 fully saturated rings. The maximum atomic E-state index is 5.67. The number of nitrogens with zero attached hydrogens (tertiary/aromatic N) is 2. The average Bonchev–Trinajstić information content (AvgIpc) is 2.80. The van der Waals surface area contributed by atoms with E-state index in [0.29, 0.717) is 12.6 Å². The Morgan fingerprint density at radius 3 is 2.55 bits per heavy atom. The van der Waals surface area contributed by atoms with E-state index in [4.69, 9.17) is 4.74 Å². The van der Waals surface area contributed by atoms with Crippen LogP contribution >= 0.6 is 11.3 Å². The van der Waals surface area contributed by atoms with Gasteiger partial charge in [0.1, 0.15) is 5.01 Å². The maximum Gasteiger partial charge on any atom is 0.191 e. The lowest BCUT2D eigenvalue weighted by atomic mass is 9.56. The van der Waals surface area contributed by atoms with E-state index < -0.39 is 0 Å². The smallest absolute Gasteiger partial charge is 0.191 e. The van der Waals surface area contributed by atoms with Gasteiger partial charge in [-0.05, 0) is 27.2 Å². The van der Waals surface area contributed by atoms with Gasteiger partial charge in [-0.3, -0.25) is 4.99 Å². The van der Waals surface area contributed by atoms with Crippen LogP contribution in [-0.4, -0.2) is 36.7 Å². The molecule has 0 saturated heterocycles. The van der Waals surface area contributed by atoms with Crippen molar-refractivity contribution in [2.24, 2.45) is 10.4 Å². The maximum absolute atomic E-state index is 5.67. The Morgan fingerprint density at radius 2 is 2.09 bits per heavy atom. The molecule has 2 rings (SSSR count). The Labute approximate surface area is 137 Å². The number of rotatable bonds is 4. The van der Waals surface area contributed by atoms with Crippen molar-refractivity contribution in [1.29, 1.82) is 0 Å². The monoisotopic (exact) mass is 324 g/mol. The summed E-state index contributed by atoms with van der Waals surface area (Å²) in [6.45, 7) is 11.5. The van der Waals surface area contributed by atoms with Gasteiger partial charge < -0.3 is 15.4 Å². The molecule has 0 spiro atoms. The Kier molecular flexibility index (Phi) is 4.82. The summed E-state index contributed by atoms with van der Waals surface area (Å²) in [6, 6.07) is 0.350. The first-order valence-corrected chi connectivity index (χ1v) is 8.50. The van der Waals surface area contributed by atoms with Gasteiger partial charge in [0.2, 0.25) is 0 Å². The SMILES string of the molecule is CN=C(NCc1nc(C)c(C)s1)NC1CC(C)(OC)C1(C)C. The lowest BCUT2D eigenvalue weighted by molar-refractivity contribution is -0.176. The summed E-state index contributed by atoms with van der Waals surface area (Å²) in [6.07, 6.45) is 0.979. The van der Waals surface area contributed by atoms with E-state index in [1.54, 1.807) is 25.5 Å². The highest BCUT2D eigenvalue weighted by Gasteiger charge is 2.58. The van der Waals surface area contributed by atoms with Crippen molar-refractivity contribution >= 4 is 17.3 Å². The van der Waals surface area contributed by atoms with Crippen LogP contribution in [0.5, 0.6) is 0 Å². The van der Waals surface area contributed by atoms with Crippen LogP contribution < -0.4 is 10.6 Å². The van der Waals surface area contributed by atoms with Gasteiger partial charge in [-0.15, -0.1) is 11.3 Å². The summed E-state index contributed by atoms with van der Waals surface area (Å²) in [5, 5.41) is 7.96. The number of hydrogen-bond acceptors (Lipinski definition) is 4. The van der Waals surface area contributed by atoms with E-state index in [9.17, 15) is 0 Å². The third-order valence-electron chi connectivity index (χ3n) is 5.29. The van der Waals surface area contributed by atoms with E-state index in [2.05, 4.69) is 48.3 Å². The fourth-order valence-electron chi connectivity index (χ4n) is 2.86. The average molecular weight is 324 g/mol. The van der Waals surface area contributed by atoms with Gasteiger partial charge in [0, 0.05) is 30.5 Å². The number of aromatic nitrogens is 1. The second-order valence-electron chi connectivity index (χ2n) is 6.73. The Bertz CT molecular complexity index is 547. The number of nitrogens with one attached hydrogen (secondary N) is 2. The molecule has 2 unspecified atom stereocenters. The van der Waals surface area contributed by atoms with E-state index in [1.165, 1.54) is 4.88 Å². The molecule has 5 nitrogen and oxygen atoms in total. The number of hydrogen-bond donors (Lipinski definition) is 2. The molecule has 1 aliphatic rings. The van der Waals surface area contributed by atoms with Crippen molar-refractivity contribution < 1.29 is 4.74 Å². The molecule has 2 atom stereocenters. The number of methoxy groups -OCH3 is 1. The summed E-state index contributed by atoms with van der Waals surface area (Å²) in [7, 11) is 3.59. The van der Waals surface area contributed by atoms with E-state index in [-0.39, 0.29) is 11.0 Å². The fraction of sp³-hybridized carbons (Fsp3) is 0.750. The fourth-order valence-corrected chi connectivity index (χ4v) is 3.73. The normalized spacial score (nSPS) is 27.4. The second-order valence-corrected chi connectivity index (χ2v) is 8.02. The van der Waals surface area contributed by atoms with Crippen molar-refractivity contribution in [3.8, 4) is 0 Å². The number of aryl methyl sites for hydroxylation is 2. The molecule has 0 aliphatic heterocycles. The lowest BCUT2D eigenvalue weighted by Gasteiger charge is -2.59. The molecule has 0 radical (unpaired) electrons. The molecule has 1 saturated carbocycles. The number of guanidine groups is 1. The zero-order chi connectivity index (χ0) is 16.5. The minimum atomic E-state index is -0.0763. The summed E-state index contributed by atoms with van der Waals surface area (Å²) >= 11 is 1.73. The quantitative estimate of drug-likeness (QED) is 0.660. The van der Waals surface area contributed by atoms with Crippen LogP contribution in [0.1, 0.15) is 42.8 Å². The molecule has 124 valence electrons. The number of ether oxygens (including phenoxy) is 1. The predicted octanol–water partition coefficient (Wildman–Crippen LogP) is 2.63. The highest BCUT2D eigenvalue weighted by atomic mass is 32.1. The highest BCUT2D eigenvalue weighted by Crippen LogP contribution is 2.51. The largest absolute Gasteiger partial charge is 0.378 e. The molecular weight excluding hydrogens is 296 g/mol. The number of aliphatic imine (C=N–C) groups is 1. The van der Waals surface area contributed by atoms with Gasteiger partial charge in [-0.25, -0.2) is 4.98 Å². The minimum Gasteiger partial charge on any atom is -0.378 e. The predicted molar refractivity (Wildman–Crippen MR) is 92.5 cm³/mol. The topological polar surface area (TPSA) is 58.5 Å². The van der Waals surface area contributed by atoms with Crippen molar-refractivity contribution in [2.45, 2.75) is 59.2 Å². The minimum absolute atomic E-state index is 0.0632. The zero-order valence-corrected chi connectivity index (χ0v) is 15.5. The summed E-state index contributed by atoms with van der Waals surface area (Å²) < 4.78 is 5.67. The van der Waals surface area contributed by atoms with Crippen LogP contribution in [0.15, 0.2) is 4.99 Å². The highest BCUT2D eigenvalue weighted by molar-refractivity contribution is 7.11. The molecule has 1 heterocycles. The van der Waals surface area contributed by atoms with Crippen LogP contribution in [-0.2, 0) is 11.3 Å². The Balaban J connectivity index is 1.91. The van der Waals surface area contributed by atoms with Crippen LogP contribution in [0.3, 0.4) is 0 Å².